The van der Waals surface area contributed by atoms with Gasteiger partial charge < -0.3 is 10.4 Å². The Bertz CT molecular complexity index is 757. The maximum absolute atomic E-state index is 12.3. The van der Waals surface area contributed by atoms with E-state index in [0.29, 0.717) is 17.2 Å². The molecule has 0 unspecified atom stereocenters. The van der Waals surface area contributed by atoms with Crippen molar-refractivity contribution in [1.29, 1.82) is 0 Å². The number of amides is 1. The van der Waals surface area contributed by atoms with Gasteiger partial charge in [0.1, 0.15) is 5.75 Å². The van der Waals surface area contributed by atoms with Crippen LogP contribution in [0.15, 0.2) is 42.5 Å². The van der Waals surface area contributed by atoms with Crippen molar-refractivity contribution in [3.8, 4) is 5.75 Å². The summed E-state index contributed by atoms with van der Waals surface area (Å²) in [6.07, 6.45) is 1.92. The van der Waals surface area contributed by atoms with Gasteiger partial charge in [0.25, 0.3) is 5.91 Å². The Hall–Kier alpha value is -2.40. The van der Waals surface area contributed by atoms with E-state index in [0.717, 1.165) is 18.4 Å². The van der Waals surface area contributed by atoms with E-state index >= 15 is 0 Å². The molecule has 0 aliphatic rings. The number of anilines is 1. The third-order valence-corrected chi connectivity index (χ3v) is 4.51. The predicted molar refractivity (Wildman–Crippen MR) is 106 cm³/mol. The third kappa shape index (κ3) is 5.03. The molecule has 0 saturated heterocycles. The lowest BCUT2D eigenvalue weighted by Crippen LogP contribution is -2.34. The zero-order valence-electron chi connectivity index (χ0n) is 14.8. The number of hydrogen-bond donors (Lipinski definition) is 3. The normalized spacial score (nSPS) is 11.6. The fourth-order valence-corrected chi connectivity index (χ4v) is 2.62. The smallest absolute Gasteiger partial charge is 0.257 e. The Balaban J connectivity index is 2.05. The number of benzene rings is 2. The van der Waals surface area contributed by atoms with E-state index in [2.05, 4.69) is 31.4 Å². The number of rotatable bonds is 5. The van der Waals surface area contributed by atoms with Gasteiger partial charge in [0, 0.05) is 5.56 Å². The van der Waals surface area contributed by atoms with E-state index in [9.17, 15) is 9.90 Å². The Morgan fingerprint density at radius 3 is 2.44 bits per heavy atom. The minimum Gasteiger partial charge on any atom is -0.506 e. The summed E-state index contributed by atoms with van der Waals surface area (Å²) < 4.78 is 0. The molecule has 2 aromatic carbocycles. The number of phenolic OH excluding ortho intramolecular Hbond substituents is 1. The highest BCUT2D eigenvalue weighted by atomic mass is 32.1. The minimum atomic E-state index is -0.280. The highest BCUT2D eigenvalue weighted by Gasteiger charge is 2.11. The third-order valence-electron chi connectivity index (χ3n) is 4.30. The van der Waals surface area contributed by atoms with E-state index in [1.165, 1.54) is 5.56 Å². The second kappa shape index (κ2) is 8.62. The molecule has 0 heterocycles. The zero-order chi connectivity index (χ0) is 18.4. The molecular formula is C20H24N2O2S. The number of carbonyl (C=O) groups excluding carboxylic acids is 1. The number of aryl methyl sites for hydroxylation is 1. The van der Waals surface area contributed by atoms with Crippen LogP contribution in [0.4, 0.5) is 5.69 Å². The van der Waals surface area contributed by atoms with Crippen LogP contribution >= 0.6 is 12.2 Å². The Morgan fingerprint density at radius 1 is 1.16 bits per heavy atom. The molecule has 2 rings (SSSR count). The van der Waals surface area contributed by atoms with Gasteiger partial charge in [0.2, 0.25) is 0 Å². The first-order valence-electron chi connectivity index (χ1n) is 8.48. The molecule has 132 valence electrons. The van der Waals surface area contributed by atoms with Gasteiger partial charge in [-0.1, -0.05) is 39.0 Å². The van der Waals surface area contributed by atoms with Crippen molar-refractivity contribution in [3.05, 3.63) is 59.2 Å². The molecule has 2 aromatic rings. The van der Waals surface area contributed by atoms with Gasteiger partial charge in [0.05, 0.1) is 5.69 Å². The molecule has 25 heavy (non-hydrogen) atoms. The number of aromatic hydroxyl groups is 1. The molecule has 0 saturated carbocycles. The summed E-state index contributed by atoms with van der Waals surface area (Å²) in [5, 5.41) is 15.7. The summed E-state index contributed by atoms with van der Waals surface area (Å²) in [6, 6.07) is 12.8. The summed E-state index contributed by atoms with van der Waals surface area (Å²) in [5.41, 5.74) is 3.31. The van der Waals surface area contributed by atoms with Crippen molar-refractivity contribution in [2.24, 2.45) is 0 Å². The standard InChI is InChI=1S/C20H24N2O2S/c1-4-13(3)16-10-11-18(23)17(12-16)21-20(25)22-19(24)15-8-6-14(5-2)7-9-15/h6-13,23H,4-5H2,1-3H3,(H2,21,22,24,25)/t13-/m1/s1. The quantitative estimate of drug-likeness (QED) is 0.541. The molecule has 0 aromatic heterocycles. The molecule has 1 amide bonds. The lowest BCUT2D eigenvalue weighted by Gasteiger charge is -2.15. The van der Waals surface area contributed by atoms with Crippen molar-refractivity contribution >= 4 is 28.9 Å². The molecule has 0 fully saturated rings. The highest BCUT2D eigenvalue weighted by Crippen LogP contribution is 2.29. The summed E-state index contributed by atoms with van der Waals surface area (Å²) in [5.74, 6) is 0.190. The van der Waals surface area contributed by atoms with E-state index in [1.807, 2.05) is 24.3 Å². The van der Waals surface area contributed by atoms with Crippen LogP contribution in [0.3, 0.4) is 0 Å². The number of carbonyl (C=O) groups is 1. The van der Waals surface area contributed by atoms with E-state index in [1.54, 1.807) is 18.2 Å². The van der Waals surface area contributed by atoms with E-state index in [4.69, 9.17) is 12.2 Å². The Kier molecular flexibility index (Phi) is 6.53. The first-order valence-corrected chi connectivity index (χ1v) is 8.89. The topological polar surface area (TPSA) is 61.4 Å². The van der Waals surface area contributed by atoms with Crippen molar-refractivity contribution in [2.75, 3.05) is 5.32 Å². The van der Waals surface area contributed by atoms with Crippen LogP contribution < -0.4 is 10.6 Å². The van der Waals surface area contributed by atoms with Gasteiger partial charge in [-0.15, -0.1) is 0 Å². The van der Waals surface area contributed by atoms with Crippen LogP contribution in [-0.4, -0.2) is 16.1 Å². The first-order chi connectivity index (χ1) is 11.9. The summed E-state index contributed by atoms with van der Waals surface area (Å²) in [7, 11) is 0. The number of hydrogen-bond acceptors (Lipinski definition) is 3. The number of thiocarbonyl (C=S) groups is 1. The molecule has 3 N–H and O–H groups in total. The Labute approximate surface area is 154 Å². The lowest BCUT2D eigenvalue weighted by molar-refractivity contribution is 0.0977. The van der Waals surface area contributed by atoms with Crippen LogP contribution in [-0.2, 0) is 6.42 Å². The van der Waals surface area contributed by atoms with Gasteiger partial charge in [-0.2, -0.15) is 0 Å². The summed E-state index contributed by atoms with van der Waals surface area (Å²) in [4.78, 5) is 12.3. The van der Waals surface area contributed by atoms with Crippen molar-refractivity contribution in [3.63, 3.8) is 0 Å². The average Bonchev–Trinajstić information content (AvgIpc) is 2.62. The van der Waals surface area contributed by atoms with Crippen LogP contribution in [0.5, 0.6) is 5.75 Å². The van der Waals surface area contributed by atoms with Crippen LogP contribution in [0, 0.1) is 0 Å². The highest BCUT2D eigenvalue weighted by molar-refractivity contribution is 7.80. The van der Waals surface area contributed by atoms with E-state index in [-0.39, 0.29) is 16.8 Å². The van der Waals surface area contributed by atoms with E-state index < -0.39 is 0 Å². The molecule has 0 spiro atoms. The maximum Gasteiger partial charge on any atom is 0.257 e. The molecule has 5 heteroatoms. The summed E-state index contributed by atoms with van der Waals surface area (Å²) in [6.45, 7) is 6.30. The molecule has 0 aliphatic heterocycles. The molecular weight excluding hydrogens is 332 g/mol. The molecule has 0 radical (unpaired) electrons. The zero-order valence-corrected chi connectivity index (χ0v) is 15.6. The second-order valence-electron chi connectivity index (χ2n) is 6.04. The summed E-state index contributed by atoms with van der Waals surface area (Å²) >= 11 is 5.20. The molecule has 0 bridgehead atoms. The van der Waals surface area contributed by atoms with Crippen LogP contribution in [0.2, 0.25) is 0 Å². The van der Waals surface area contributed by atoms with Gasteiger partial charge in [-0.05, 0) is 66.4 Å². The van der Waals surface area contributed by atoms with Crippen molar-refractivity contribution in [1.82, 2.24) is 5.32 Å². The Morgan fingerprint density at radius 2 is 1.84 bits per heavy atom. The monoisotopic (exact) mass is 356 g/mol. The van der Waals surface area contributed by atoms with Crippen LogP contribution in [0.25, 0.3) is 0 Å². The molecule has 4 nitrogen and oxygen atoms in total. The van der Waals surface area contributed by atoms with Crippen molar-refractivity contribution < 1.29 is 9.90 Å². The number of nitrogens with one attached hydrogen (secondary N) is 2. The molecule has 0 aliphatic carbocycles. The predicted octanol–water partition coefficient (Wildman–Crippen LogP) is 4.59. The van der Waals surface area contributed by atoms with Gasteiger partial charge in [-0.3, -0.25) is 10.1 Å². The SMILES string of the molecule is CCc1ccc(C(=O)NC(=S)Nc2cc([C@H](C)CC)ccc2O)cc1. The second-order valence-corrected chi connectivity index (χ2v) is 6.45. The average molecular weight is 356 g/mol. The number of phenols is 1. The molecule has 1 atom stereocenters. The fourth-order valence-electron chi connectivity index (χ4n) is 2.42. The largest absolute Gasteiger partial charge is 0.506 e. The first kappa shape index (κ1) is 18.9. The van der Waals surface area contributed by atoms with Gasteiger partial charge >= 0.3 is 0 Å². The maximum atomic E-state index is 12.3. The van der Waals surface area contributed by atoms with Crippen LogP contribution in [0.1, 0.15) is 54.6 Å². The van der Waals surface area contributed by atoms with Crippen molar-refractivity contribution in [2.45, 2.75) is 39.5 Å². The lowest BCUT2D eigenvalue weighted by atomic mass is 9.98. The van der Waals surface area contributed by atoms with Gasteiger partial charge in [0.15, 0.2) is 5.11 Å². The minimum absolute atomic E-state index is 0.0935. The fraction of sp³-hybridized carbons (Fsp3) is 0.300. The van der Waals surface area contributed by atoms with Gasteiger partial charge in [-0.25, -0.2) is 0 Å².